The van der Waals surface area contributed by atoms with E-state index in [-0.39, 0.29) is 35.0 Å². The monoisotopic (exact) mass is 516 g/mol. The molecule has 1 aliphatic rings. The lowest BCUT2D eigenvalue weighted by Gasteiger charge is -2.14. The minimum Gasteiger partial charge on any atom is -0.427 e. The maximum Gasteiger partial charge on any atom is 0.308 e. The van der Waals surface area contributed by atoms with E-state index in [1.165, 1.54) is 19.1 Å². The van der Waals surface area contributed by atoms with Gasteiger partial charge >= 0.3 is 5.97 Å². The molecule has 0 saturated heterocycles. The second-order valence-corrected chi connectivity index (χ2v) is 8.23. The summed E-state index contributed by atoms with van der Waals surface area (Å²) in [6.07, 6.45) is 0. The number of fused-ring (bicyclic) bond motifs is 1. The van der Waals surface area contributed by atoms with Gasteiger partial charge in [0.1, 0.15) is 12.3 Å². The molecule has 1 heterocycles. The second kappa shape index (κ2) is 10.7. The van der Waals surface area contributed by atoms with Crippen molar-refractivity contribution in [3.05, 3.63) is 99.1 Å². The van der Waals surface area contributed by atoms with Gasteiger partial charge in [-0.2, -0.15) is 0 Å². The maximum absolute atomic E-state index is 12.6. The van der Waals surface area contributed by atoms with Crippen molar-refractivity contribution >= 4 is 41.0 Å². The molecule has 2 N–H and O–H groups in total. The zero-order valence-electron chi connectivity index (χ0n) is 19.9. The fourth-order valence-electron chi connectivity index (χ4n) is 3.74. The summed E-state index contributed by atoms with van der Waals surface area (Å²) in [7, 11) is 0. The largest absolute Gasteiger partial charge is 0.427 e. The Hall–Kier alpha value is -5.39. The van der Waals surface area contributed by atoms with Crippen molar-refractivity contribution in [2.45, 2.75) is 13.5 Å². The van der Waals surface area contributed by atoms with Crippen LogP contribution in [0.25, 0.3) is 0 Å². The highest BCUT2D eigenvalue weighted by Crippen LogP contribution is 2.26. The highest BCUT2D eigenvalue weighted by atomic mass is 16.6. The lowest BCUT2D eigenvalue weighted by atomic mass is 10.1. The van der Waals surface area contributed by atoms with Gasteiger partial charge in [0, 0.05) is 36.9 Å². The van der Waals surface area contributed by atoms with Gasteiger partial charge in [0.2, 0.25) is 5.91 Å². The van der Waals surface area contributed by atoms with Gasteiger partial charge in [0.25, 0.3) is 23.4 Å². The summed E-state index contributed by atoms with van der Waals surface area (Å²) < 4.78 is 4.98. The van der Waals surface area contributed by atoms with E-state index in [0.29, 0.717) is 11.3 Å². The van der Waals surface area contributed by atoms with E-state index in [1.807, 2.05) is 0 Å². The van der Waals surface area contributed by atoms with Gasteiger partial charge in [-0.25, -0.2) is 0 Å². The Labute approximate surface area is 215 Å². The van der Waals surface area contributed by atoms with Gasteiger partial charge in [-0.3, -0.25) is 39.0 Å². The molecule has 38 heavy (non-hydrogen) atoms. The Bertz CT molecular complexity index is 1480. The summed E-state index contributed by atoms with van der Waals surface area (Å²) in [6.45, 7) is 0.884. The molecule has 0 aromatic heterocycles. The molecule has 0 aliphatic carbocycles. The predicted octanol–water partition coefficient (Wildman–Crippen LogP) is 2.68. The summed E-state index contributed by atoms with van der Waals surface area (Å²) in [5.41, 5.74) is 0.985. The molecule has 3 aromatic rings. The van der Waals surface area contributed by atoms with Crippen LogP contribution in [0.3, 0.4) is 0 Å². The Morgan fingerprint density at radius 2 is 1.66 bits per heavy atom. The van der Waals surface area contributed by atoms with Crippen LogP contribution in [0.15, 0.2) is 66.7 Å². The number of carbonyl (C=O) groups excluding carboxylic acids is 5. The van der Waals surface area contributed by atoms with Crippen LogP contribution in [-0.4, -0.2) is 46.0 Å². The summed E-state index contributed by atoms with van der Waals surface area (Å²) in [4.78, 5) is 72.1. The number of carbonyl (C=O) groups is 5. The standard InChI is InChI=1S/C26H20N4O8/c1-15(31)38-20-4-2-3-17(11-20)24(33)27-13-16-5-7-18(8-6-16)28-23(32)14-29-25(34)21-10-9-19(30(36)37)12-22(21)26(29)35/h2-12H,13-14H2,1H3,(H,27,33)(H,28,32). The number of hydrogen-bond donors (Lipinski definition) is 2. The molecule has 12 nitrogen and oxygen atoms in total. The quantitative estimate of drug-likeness (QED) is 0.152. The zero-order chi connectivity index (χ0) is 27.4. The SMILES string of the molecule is CC(=O)Oc1cccc(C(=O)NCc2ccc(NC(=O)CN3C(=O)c4ccc([N+](=O)[O-])cc4C3=O)cc2)c1. The van der Waals surface area contributed by atoms with E-state index in [4.69, 9.17) is 4.74 Å². The smallest absolute Gasteiger partial charge is 0.308 e. The molecule has 0 atom stereocenters. The van der Waals surface area contributed by atoms with E-state index in [1.54, 1.807) is 42.5 Å². The molecule has 1 aliphatic heterocycles. The topological polar surface area (TPSA) is 165 Å². The molecule has 0 saturated carbocycles. The fourth-order valence-corrected chi connectivity index (χ4v) is 3.74. The van der Waals surface area contributed by atoms with Crippen LogP contribution < -0.4 is 15.4 Å². The van der Waals surface area contributed by atoms with Crippen LogP contribution >= 0.6 is 0 Å². The molecule has 3 aromatic carbocycles. The normalized spacial score (nSPS) is 12.1. The number of nitro benzene ring substituents is 1. The van der Waals surface area contributed by atoms with Gasteiger partial charge in [0.05, 0.1) is 16.1 Å². The summed E-state index contributed by atoms with van der Waals surface area (Å²) in [5, 5.41) is 16.3. The number of amides is 4. The number of benzene rings is 3. The van der Waals surface area contributed by atoms with Crippen LogP contribution in [0.2, 0.25) is 0 Å². The third-order valence-corrected chi connectivity index (χ3v) is 5.52. The van der Waals surface area contributed by atoms with Gasteiger partial charge in [-0.05, 0) is 42.0 Å². The lowest BCUT2D eigenvalue weighted by Crippen LogP contribution is -2.37. The van der Waals surface area contributed by atoms with E-state index in [0.717, 1.165) is 22.6 Å². The van der Waals surface area contributed by atoms with Crippen LogP contribution in [0.5, 0.6) is 5.75 Å². The van der Waals surface area contributed by atoms with Gasteiger partial charge < -0.3 is 15.4 Å². The molecule has 4 amide bonds. The minimum atomic E-state index is -0.784. The van der Waals surface area contributed by atoms with E-state index >= 15 is 0 Å². The van der Waals surface area contributed by atoms with Crippen molar-refractivity contribution in [2.24, 2.45) is 0 Å². The first-order chi connectivity index (χ1) is 18.1. The summed E-state index contributed by atoms with van der Waals surface area (Å²) in [6, 6.07) is 16.0. The number of imide groups is 1. The number of non-ortho nitro benzene ring substituents is 1. The fraction of sp³-hybridized carbons (Fsp3) is 0.115. The molecule has 0 bridgehead atoms. The molecular weight excluding hydrogens is 496 g/mol. The van der Waals surface area contributed by atoms with E-state index < -0.39 is 35.2 Å². The third-order valence-electron chi connectivity index (χ3n) is 5.52. The first-order valence-electron chi connectivity index (χ1n) is 11.2. The van der Waals surface area contributed by atoms with Crippen LogP contribution in [-0.2, 0) is 16.1 Å². The number of nitrogens with one attached hydrogen (secondary N) is 2. The maximum atomic E-state index is 12.6. The van der Waals surface area contributed by atoms with Gasteiger partial charge in [-0.15, -0.1) is 0 Å². The van der Waals surface area contributed by atoms with Crippen molar-refractivity contribution in [3.8, 4) is 5.75 Å². The predicted molar refractivity (Wildman–Crippen MR) is 132 cm³/mol. The van der Waals surface area contributed by atoms with Gasteiger partial charge in [-0.1, -0.05) is 18.2 Å². The van der Waals surface area contributed by atoms with Crippen molar-refractivity contribution in [1.82, 2.24) is 10.2 Å². The molecule has 0 fully saturated rings. The number of hydrogen-bond acceptors (Lipinski definition) is 8. The lowest BCUT2D eigenvalue weighted by molar-refractivity contribution is -0.384. The van der Waals surface area contributed by atoms with Crippen molar-refractivity contribution in [3.63, 3.8) is 0 Å². The van der Waals surface area contributed by atoms with E-state index in [9.17, 15) is 34.1 Å². The number of ether oxygens (including phenoxy) is 1. The Morgan fingerprint density at radius 3 is 2.34 bits per heavy atom. The highest BCUT2D eigenvalue weighted by Gasteiger charge is 2.37. The summed E-state index contributed by atoms with van der Waals surface area (Å²) in [5.74, 6) is -2.74. The van der Waals surface area contributed by atoms with Crippen LogP contribution in [0.4, 0.5) is 11.4 Å². The average Bonchev–Trinajstić information content (AvgIpc) is 3.12. The number of nitro groups is 1. The molecular formula is C26H20N4O8. The molecule has 4 rings (SSSR count). The highest BCUT2D eigenvalue weighted by molar-refractivity contribution is 6.23. The first-order valence-corrected chi connectivity index (χ1v) is 11.2. The number of esters is 1. The van der Waals surface area contributed by atoms with Crippen LogP contribution in [0.1, 0.15) is 43.6 Å². The minimum absolute atomic E-state index is 0.00194. The Morgan fingerprint density at radius 1 is 0.947 bits per heavy atom. The Kier molecular flexibility index (Phi) is 7.24. The molecule has 0 radical (unpaired) electrons. The number of nitrogens with zero attached hydrogens (tertiary/aromatic N) is 2. The van der Waals surface area contributed by atoms with E-state index in [2.05, 4.69) is 10.6 Å². The summed E-state index contributed by atoms with van der Waals surface area (Å²) >= 11 is 0. The number of anilines is 1. The molecule has 192 valence electrons. The van der Waals surface area contributed by atoms with Crippen molar-refractivity contribution in [2.75, 3.05) is 11.9 Å². The Balaban J connectivity index is 1.31. The molecule has 12 heteroatoms. The zero-order valence-corrected chi connectivity index (χ0v) is 19.9. The second-order valence-electron chi connectivity index (χ2n) is 8.23. The number of rotatable bonds is 8. The average molecular weight is 516 g/mol. The van der Waals surface area contributed by atoms with Crippen molar-refractivity contribution < 1.29 is 33.6 Å². The van der Waals surface area contributed by atoms with Crippen molar-refractivity contribution in [1.29, 1.82) is 0 Å². The first kappa shape index (κ1) is 25.7. The third kappa shape index (κ3) is 5.70. The van der Waals surface area contributed by atoms with Crippen LogP contribution in [0, 0.1) is 10.1 Å². The molecule has 0 unspecified atom stereocenters. The molecule has 0 spiro atoms. The van der Waals surface area contributed by atoms with Gasteiger partial charge in [0.15, 0.2) is 0 Å².